The number of rotatable bonds is 4. The number of halogens is 3. The van der Waals surface area contributed by atoms with Gasteiger partial charge in [0.15, 0.2) is 5.60 Å². The van der Waals surface area contributed by atoms with Crippen molar-refractivity contribution in [3.8, 4) is 0 Å². The lowest BCUT2D eigenvalue weighted by atomic mass is 9.77. The number of carbonyl (C=O) groups excluding carboxylic acids is 1. The maximum Gasteiger partial charge on any atom is 0.416 e. The summed E-state index contributed by atoms with van der Waals surface area (Å²) in [6.07, 6.45) is -2.42. The number of aliphatic carboxylic acids is 1. The summed E-state index contributed by atoms with van der Waals surface area (Å²) in [4.78, 5) is 25.5. The topological polar surface area (TPSA) is 103 Å². The average molecular weight is 440 g/mol. The zero-order valence-electron chi connectivity index (χ0n) is 16.7. The molecule has 4 rings (SSSR count). The number of carboxylic acids is 1. The first-order chi connectivity index (χ1) is 14.6. The van der Waals surface area contributed by atoms with E-state index < -0.39 is 29.2 Å². The minimum absolute atomic E-state index is 0.00396. The molecule has 10 heteroatoms. The number of carbonyl (C=O) groups is 2. The smallest absolute Gasteiger partial charge is 0.416 e. The number of nitrogens with zero attached hydrogens (tertiary/aromatic N) is 1. The first-order valence-electron chi connectivity index (χ1n) is 10.2. The van der Waals surface area contributed by atoms with E-state index >= 15 is 0 Å². The normalized spacial score (nSPS) is 24.6. The summed E-state index contributed by atoms with van der Waals surface area (Å²) in [6, 6.07) is 3.17. The molecule has 2 heterocycles. The van der Waals surface area contributed by atoms with E-state index in [0.29, 0.717) is 44.6 Å². The van der Waals surface area contributed by atoms with Gasteiger partial charge in [0.2, 0.25) is 5.76 Å². The van der Waals surface area contributed by atoms with Crippen LogP contribution in [-0.2, 0) is 11.0 Å². The van der Waals surface area contributed by atoms with E-state index in [1.165, 1.54) is 6.07 Å². The van der Waals surface area contributed by atoms with E-state index in [4.69, 9.17) is 9.52 Å². The second-order valence-corrected chi connectivity index (χ2v) is 8.30. The molecule has 1 aromatic heterocycles. The zero-order valence-corrected chi connectivity index (χ0v) is 16.7. The number of hydrogen-bond donors (Lipinski definition) is 3. The van der Waals surface area contributed by atoms with Crippen molar-refractivity contribution in [1.29, 1.82) is 0 Å². The standard InChI is InChI=1S/C21H23F3N2O5/c22-21(23,24)13-1-2-15-14(11-13)16-17(31-15)18(27)25-8-10-26(16)9-5-12-3-6-20(30,7-4-12)19(28)29/h1-2,11-12,30H,3-10H2,(H,25,27)(H,28,29). The summed E-state index contributed by atoms with van der Waals surface area (Å²) in [6.45, 7) is 1.21. The number of aliphatic hydroxyl groups is 1. The van der Waals surface area contributed by atoms with Crippen LogP contribution in [0.2, 0.25) is 0 Å². The average Bonchev–Trinajstić information content (AvgIpc) is 3.02. The molecule has 0 saturated heterocycles. The van der Waals surface area contributed by atoms with E-state index in [9.17, 15) is 27.9 Å². The lowest BCUT2D eigenvalue weighted by Gasteiger charge is -2.34. The Morgan fingerprint density at radius 1 is 1.29 bits per heavy atom. The molecule has 1 aliphatic carbocycles. The van der Waals surface area contributed by atoms with Crippen LogP contribution in [0.3, 0.4) is 0 Å². The summed E-state index contributed by atoms with van der Waals surface area (Å²) in [5.41, 5.74) is -1.93. The molecule has 2 aliphatic rings. The Bertz CT molecular complexity index is 1010. The second kappa shape index (κ2) is 7.74. The van der Waals surface area contributed by atoms with Crippen molar-refractivity contribution in [1.82, 2.24) is 5.32 Å². The molecule has 168 valence electrons. The Kier molecular flexibility index (Phi) is 5.36. The Balaban J connectivity index is 1.58. The van der Waals surface area contributed by atoms with E-state index in [2.05, 4.69) is 5.32 Å². The third-order valence-electron chi connectivity index (χ3n) is 6.32. The first kappa shape index (κ1) is 21.5. The maximum atomic E-state index is 13.2. The molecular weight excluding hydrogens is 417 g/mol. The summed E-state index contributed by atoms with van der Waals surface area (Å²) < 4.78 is 45.3. The fraction of sp³-hybridized carbons (Fsp3) is 0.524. The first-order valence-corrected chi connectivity index (χ1v) is 10.2. The lowest BCUT2D eigenvalue weighted by Crippen LogP contribution is -2.42. The monoisotopic (exact) mass is 440 g/mol. The number of furan rings is 1. The minimum atomic E-state index is -4.51. The van der Waals surface area contributed by atoms with Gasteiger partial charge in [-0.1, -0.05) is 0 Å². The molecule has 1 saturated carbocycles. The highest BCUT2D eigenvalue weighted by Crippen LogP contribution is 2.40. The second-order valence-electron chi connectivity index (χ2n) is 8.30. The number of benzene rings is 1. The molecule has 2 aromatic rings. The van der Waals surface area contributed by atoms with Gasteiger partial charge in [0.25, 0.3) is 5.91 Å². The van der Waals surface area contributed by atoms with Crippen molar-refractivity contribution in [2.45, 2.75) is 43.9 Å². The number of carboxylic acid groups (broad SMARTS) is 1. The van der Waals surface area contributed by atoms with E-state index in [1.807, 2.05) is 4.90 Å². The lowest BCUT2D eigenvalue weighted by molar-refractivity contribution is -0.162. The SMILES string of the molecule is O=C1NCCN(CCC2CCC(O)(C(=O)O)CC2)c2c1oc1ccc(C(F)(F)F)cc21. The highest BCUT2D eigenvalue weighted by Gasteiger charge is 2.40. The van der Waals surface area contributed by atoms with E-state index in [0.717, 1.165) is 12.1 Å². The summed E-state index contributed by atoms with van der Waals surface area (Å²) in [7, 11) is 0. The third kappa shape index (κ3) is 4.08. The number of fused-ring (bicyclic) bond motifs is 3. The molecule has 7 nitrogen and oxygen atoms in total. The van der Waals surface area contributed by atoms with Crippen LogP contribution in [0.1, 0.15) is 48.2 Å². The molecule has 1 amide bonds. The third-order valence-corrected chi connectivity index (χ3v) is 6.32. The summed E-state index contributed by atoms with van der Waals surface area (Å²) >= 11 is 0. The molecule has 0 spiro atoms. The van der Waals surface area contributed by atoms with Gasteiger partial charge >= 0.3 is 12.1 Å². The Morgan fingerprint density at radius 2 is 2.00 bits per heavy atom. The van der Waals surface area contributed by atoms with Crippen LogP contribution in [0, 0.1) is 5.92 Å². The molecular formula is C21H23F3N2O5. The predicted molar refractivity (Wildman–Crippen MR) is 105 cm³/mol. The van der Waals surface area contributed by atoms with Crippen molar-refractivity contribution >= 4 is 28.5 Å². The van der Waals surface area contributed by atoms with Crippen LogP contribution in [0.25, 0.3) is 11.0 Å². The van der Waals surface area contributed by atoms with E-state index in [1.54, 1.807) is 0 Å². The number of alkyl halides is 3. The number of amides is 1. The molecule has 3 N–H and O–H groups in total. The van der Waals surface area contributed by atoms with Gasteiger partial charge in [-0.15, -0.1) is 0 Å². The predicted octanol–water partition coefficient (Wildman–Crippen LogP) is 3.40. The van der Waals surface area contributed by atoms with E-state index in [-0.39, 0.29) is 35.5 Å². The largest absolute Gasteiger partial charge is 0.479 e. The van der Waals surface area contributed by atoms with Gasteiger partial charge in [0.1, 0.15) is 5.58 Å². The van der Waals surface area contributed by atoms with Crippen LogP contribution in [0.15, 0.2) is 22.6 Å². The summed E-state index contributed by atoms with van der Waals surface area (Å²) in [5, 5.41) is 22.2. The molecule has 31 heavy (non-hydrogen) atoms. The van der Waals surface area contributed by atoms with Gasteiger partial charge in [-0.05, 0) is 56.2 Å². The quantitative estimate of drug-likeness (QED) is 0.674. The van der Waals surface area contributed by atoms with Crippen molar-refractivity contribution in [3.05, 3.63) is 29.5 Å². The molecule has 1 fully saturated rings. The Labute approximate surface area is 175 Å². The molecule has 1 aromatic carbocycles. The van der Waals surface area contributed by atoms with Crippen molar-refractivity contribution in [2.24, 2.45) is 5.92 Å². The van der Waals surface area contributed by atoms with Gasteiger partial charge in [-0.2, -0.15) is 13.2 Å². The highest BCUT2D eigenvalue weighted by atomic mass is 19.4. The number of anilines is 1. The Morgan fingerprint density at radius 3 is 2.65 bits per heavy atom. The molecule has 0 bridgehead atoms. The summed E-state index contributed by atoms with van der Waals surface area (Å²) in [5.74, 6) is -1.50. The van der Waals surface area contributed by atoms with Crippen molar-refractivity contribution < 1.29 is 37.4 Å². The Hall–Kier alpha value is -2.75. The van der Waals surface area contributed by atoms with Crippen LogP contribution < -0.4 is 10.2 Å². The molecule has 0 unspecified atom stereocenters. The van der Waals surface area contributed by atoms with Crippen molar-refractivity contribution in [2.75, 3.05) is 24.5 Å². The highest BCUT2D eigenvalue weighted by molar-refractivity contribution is 6.07. The van der Waals surface area contributed by atoms with Gasteiger partial charge in [-0.3, -0.25) is 4.79 Å². The fourth-order valence-electron chi connectivity index (χ4n) is 4.44. The van der Waals surface area contributed by atoms with Gasteiger partial charge in [-0.25, -0.2) is 4.79 Å². The molecule has 0 radical (unpaired) electrons. The molecule has 1 aliphatic heterocycles. The maximum absolute atomic E-state index is 13.2. The number of nitrogens with one attached hydrogen (secondary N) is 1. The van der Waals surface area contributed by atoms with Gasteiger partial charge in [0.05, 0.1) is 11.3 Å². The van der Waals surface area contributed by atoms with Crippen LogP contribution >= 0.6 is 0 Å². The van der Waals surface area contributed by atoms with Gasteiger partial charge in [0, 0.05) is 25.0 Å². The van der Waals surface area contributed by atoms with Crippen molar-refractivity contribution in [3.63, 3.8) is 0 Å². The number of hydrogen-bond acceptors (Lipinski definition) is 5. The van der Waals surface area contributed by atoms with Crippen LogP contribution in [0.5, 0.6) is 0 Å². The zero-order chi connectivity index (χ0) is 22.4. The minimum Gasteiger partial charge on any atom is -0.479 e. The van der Waals surface area contributed by atoms with Gasteiger partial charge < -0.3 is 24.8 Å². The molecule has 0 atom stereocenters. The van der Waals surface area contributed by atoms with Crippen LogP contribution in [0.4, 0.5) is 18.9 Å². The van der Waals surface area contributed by atoms with Crippen LogP contribution in [-0.4, -0.2) is 47.3 Å². The fourth-order valence-corrected chi connectivity index (χ4v) is 4.44.